The summed E-state index contributed by atoms with van der Waals surface area (Å²) in [6.45, 7) is 0. The first-order chi connectivity index (χ1) is 7.22. The quantitative estimate of drug-likeness (QED) is 0.817. The molecule has 2 heteroatoms. The number of hydrogen-bond donors (Lipinski definition) is 1. The van der Waals surface area contributed by atoms with Crippen LogP contribution in [0.1, 0.15) is 31.2 Å². The van der Waals surface area contributed by atoms with E-state index in [0.717, 1.165) is 5.75 Å². The Morgan fingerprint density at radius 2 is 1.80 bits per heavy atom. The lowest BCUT2D eigenvalue weighted by molar-refractivity contribution is 0.393. The van der Waals surface area contributed by atoms with Crippen LogP contribution >= 0.6 is 0 Å². The molecule has 2 aliphatic rings. The highest BCUT2D eigenvalue weighted by atomic mass is 16.5. The van der Waals surface area contributed by atoms with Gasteiger partial charge < -0.3 is 10.5 Å². The largest absolute Gasteiger partial charge is 0.496 e. The van der Waals surface area contributed by atoms with Gasteiger partial charge in [0.2, 0.25) is 0 Å². The fraction of sp³-hybridized carbons (Fsp3) is 0.538. The Kier molecular flexibility index (Phi) is 1.70. The molecule has 15 heavy (non-hydrogen) atoms. The van der Waals surface area contributed by atoms with Gasteiger partial charge in [-0.2, -0.15) is 0 Å². The van der Waals surface area contributed by atoms with Crippen molar-refractivity contribution in [2.75, 3.05) is 7.11 Å². The van der Waals surface area contributed by atoms with Crippen molar-refractivity contribution in [2.45, 2.75) is 36.6 Å². The molecule has 0 aromatic heterocycles. The van der Waals surface area contributed by atoms with Crippen LogP contribution in [-0.4, -0.2) is 12.6 Å². The second kappa shape index (κ2) is 2.76. The monoisotopic (exact) mass is 203 g/mol. The van der Waals surface area contributed by atoms with Crippen LogP contribution in [0.25, 0.3) is 0 Å². The van der Waals surface area contributed by atoms with Crippen LogP contribution in [0.3, 0.4) is 0 Å². The van der Waals surface area contributed by atoms with Crippen LogP contribution < -0.4 is 10.5 Å². The molecule has 80 valence electrons. The second-order valence-electron chi connectivity index (χ2n) is 4.94. The summed E-state index contributed by atoms with van der Waals surface area (Å²) in [5, 5.41) is 0. The predicted molar refractivity (Wildman–Crippen MR) is 60.1 cm³/mol. The number of rotatable bonds is 3. The molecule has 0 spiro atoms. The molecule has 3 rings (SSSR count). The van der Waals surface area contributed by atoms with Crippen molar-refractivity contribution >= 4 is 0 Å². The molecular formula is C13H17NO. The van der Waals surface area contributed by atoms with Crippen molar-refractivity contribution in [3.05, 3.63) is 29.8 Å². The average Bonchev–Trinajstić information content (AvgIpc) is 3.13. The average molecular weight is 203 g/mol. The summed E-state index contributed by atoms with van der Waals surface area (Å²) in [6, 6.07) is 8.33. The van der Waals surface area contributed by atoms with Gasteiger partial charge in [0.25, 0.3) is 0 Å². The van der Waals surface area contributed by atoms with E-state index in [-0.39, 0.29) is 11.0 Å². The van der Waals surface area contributed by atoms with Gasteiger partial charge in [0.05, 0.1) is 7.11 Å². The third-order valence-corrected chi connectivity index (χ3v) is 4.11. The van der Waals surface area contributed by atoms with Crippen molar-refractivity contribution in [1.29, 1.82) is 0 Å². The number of para-hydroxylation sites is 1. The minimum absolute atomic E-state index is 0.0711. The Labute approximate surface area is 90.4 Å². The molecule has 0 heterocycles. The molecule has 0 amide bonds. The third-order valence-electron chi connectivity index (χ3n) is 4.11. The molecule has 0 unspecified atom stereocenters. The Morgan fingerprint density at radius 3 is 2.33 bits per heavy atom. The van der Waals surface area contributed by atoms with Crippen molar-refractivity contribution in [1.82, 2.24) is 0 Å². The molecule has 0 saturated heterocycles. The standard InChI is InChI=1S/C13H17NO/c1-15-11-5-3-2-4-10(11)12(6-7-12)13(14)8-9-13/h2-5H,6-9,14H2,1H3. The highest BCUT2D eigenvalue weighted by molar-refractivity contribution is 5.48. The van der Waals surface area contributed by atoms with E-state index in [0.29, 0.717) is 0 Å². The maximum Gasteiger partial charge on any atom is 0.122 e. The van der Waals surface area contributed by atoms with E-state index in [1.54, 1.807) is 7.11 Å². The van der Waals surface area contributed by atoms with Crippen molar-refractivity contribution in [3.63, 3.8) is 0 Å². The van der Waals surface area contributed by atoms with E-state index < -0.39 is 0 Å². The summed E-state index contributed by atoms with van der Waals surface area (Å²) >= 11 is 0. The zero-order valence-electron chi connectivity index (χ0n) is 9.12. The zero-order chi connectivity index (χ0) is 10.5. The zero-order valence-corrected chi connectivity index (χ0v) is 9.12. The molecular weight excluding hydrogens is 186 g/mol. The molecule has 0 atom stereocenters. The smallest absolute Gasteiger partial charge is 0.122 e. The minimum Gasteiger partial charge on any atom is -0.496 e. The minimum atomic E-state index is 0.0711. The molecule has 2 N–H and O–H groups in total. The van der Waals surface area contributed by atoms with E-state index in [2.05, 4.69) is 12.1 Å². The number of hydrogen-bond acceptors (Lipinski definition) is 2. The van der Waals surface area contributed by atoms with Crippen molar-refractivity contribution < 1.29 is 4.74 Å². The Bertz CT molecular complexity index is 391. The van der Waals surface area contributed by atoms with Crippen LogP contribution in [0, 0.1) is 0 Å². The molecule has 1 aromatic carbocycles. The lowest BCUT2D eigenvalue weighted by Gasteiger charge is -2.25. The van der Waals surface area contributed by atoms with Crippen LogP contribution in [0.15, 0.2) is 24.3 Å². The lowest BCUT2D eigenvalue weighted by Crippen LogP contribution is -2.37. The maximum atomic E-state index is 6.39. The summed E-state index contributed by atoms with van der Waals surface area (Å²) in [4.78, 5) is 0. The van der Waals surface area contributed by atoms with Gasteiger partial charge in [-0.15, -0.1) is 0 Å². The third kappa shape index (κ3) is 1.14. The molecule has 0 bridgehead atoms. The first-order valence-corrected chi connectivity index (χ1v) is 5.64. The molecule has 2 fully saturated rings. The molecule has 0 radical (unpaired) electrons. The normalized spacial score (nSPS) is 24.7. The van der Waals surface area contributed by atoms with Gasteiger partial charge in [-0.25, -0.2) is 0 Å². The van der Waals surface area contributed by atoms with E-state index in [4.69, 9.17) is 10.5 Å². The van der Waals surface area contributed by atoms with Crippen LogP contribution in [0.2, 0.25) is 0 Å². The van der Waals surface area contributed by atoms with Crippen molar-refractivity contribution in [3.8, 4) is 5.75 Å². The molecule has 1 aromatic rings. The first-order valence-electron chi connectivity index (χ1n) is 5.64. The number of ether oxygens (including phenoxy) is 1. The van der Waals surface area contributed by atoms with E-state index >= 15 is 0 Å². The summed E-state index contributed by atoms with van der Waals surface area (Å²) in [6.07, 6.45) is 4.80. The lowest BCUT2D eigenvalue weighted by atomic mass is 9.85. The van der Waals surface area contributed by atoms with Crippen LogP contribution in [-0.2, 0) is 5.41 Å². The van der Waals surface area contributed by atoms with E-state index in [1.165, 1.54) is 31.2 Å². The van der Waals surface area contributed by atoms with Gasteiger partial charge in [-0.05, 0) is 31.7 Å². The Morgan fingerprint density at radius 1 is 1.13 bits per heavy atom. The van der Waals surface area contributed by atoms with Crippen LogP contribution in [0.5, 0.6) is 5.75 Å². The number of nitrogens with two attached hydrogens (primary N) is 1. The summed E-state index contributed by atoms with van der Waals surface area (Å²) in [5.74, 6) is 1.01. The second-order valence-corrected chi connectivity index (χ2v) is 4.94. The topological polar surface area (TPSA) is 35.2 Å². The fourth-order valence-corrected chi connectivity index (χ4v) is 2.81. The molecule has 2 aliphatic carbocycles. The molecule has 2 nitrogen and oxygen atoms in total. The van der Waals surface area contributed by atoms with Gasteiger partial charge in [-0.3, -0.25) is 0 Å². The summed E-state index contributed by atoms with van der Waals surface area (Å²) in [5.41, 5.74) is 8.02. The van der Waals surface area contributed by atoms with E-state index in [1.807, 2.05) is 12.1 Å². The highest BCUT2D eigenvalue weighted by Gasteiger charge is 2.64. The number of benzene rings is 1. The predicted octanol–water partition coefficient (Wildman–Crippen LogP) is 2.22. The van der Waals surface area contributed by atoms with Gasteiger partial charge in [0.1, 0.15) is 5.75 Å². The van der Waals surface area contributed by atoms with Gasteiger partial charge >= 0.3 is 0 Å². The van der Waals surface area contributed by atoms with Gasteiger partial charge in [-0.1, -0.05) is 18.2 Å². The Hall–Kier alpha value is -1.02. The molecule has 0 aliphatic heterocycles. The van der Waals surface area contributed by atoms with Gasteiger partial charge in [0, 0.05) is 16.5 Å². The van der Waals surface area contributed by atoms with Crippen LogP contribution in [0.4, 0.5) is 0 Å². The van der Waals surface area contributed by atoms with Gasteiger partial charge in [0.15, 0.2) is 0 Å². The highest BCUT2D eigenvalue weighted by Crippen LogP contribution is 2.64. The fourth-order valence-electron chi connectivity index (χ4n) is 2.81. The first kappa shape index (κ1) is 9.22. The SMILES string of the molecule is COc1ccccc1C1(C2(N)CC2)CC1. The summed E-state index contributed by atoms with van der Waals surface area (Å²) in [7, 11) is 1.74. The number of methoxy groups -OCH3 is 1. The molecule has 2 saturated carbocycles. The van der Waals surface area contributed by atoms with Crippen molar-refractivity contribution in [2.24, 2.45) is 5.73 Å². The summed E-state index contributed by atoms with van der Waals surface area (Å²) < 4.78 is 5.44. The maximum absolute atomic E-state index is 6.39. The Balaban J connectivity index is 2.05. The van der Waals surface area contributed by atoms with E-state index in [9.17, 15) is 0 Å².